The van der Waals surface area contributed by atoms with E-state index in [0.29, 0.717) is 4.31 Å². The summed E-state index contributed by atoms with van der Waals surface area (Å²) in [5.74, 6) is 0. The average Bonchev–Trinajstić information content (AvgIpc) is 2.93. The summed E-state index contributed by atoms with van der Waals surface area (Å²) in [6.07, 6.45) is 1.23. The number of quaternary nitrogens is 1. The summed E-state index contributed by atoms with van der Waals surface area (Å²) in [5.41, 5.74) is -6.39. The number of amides is 1. The first-order valence-electron chi connectivity index (χ1n) is 9.54. The molecule has 1 amide bonds. The highest BCUT2D eigenvalue weighted by Gasteiger charge is 2.54. The van der Waals surface area contributed by atoms with Crippen LogP contribution < -0.4 is 0 Å². The van der Waals surface area contributed by atoms with Gasteiger partial charge in [-0.1, -0.05) is 4.28 Å². The van der Waals surface area contributed by atoms with Gasteiger partial charge in [0.2, 0.25) is 6.67 Å². The molecule has 0 aromatic rings. The van der Waals surface area contributed by atoms with Gasteiger partial charge >= 0.3 is 31.9 Å². The topological polar surface area (TPSA) is 114 Å². The Hall–Kier alpha value is -1.62. The van der Waals surface area contributed by atoms with Gasteiger partial charge in [-0.05, 0) is 34.6 Å². The van der Waals surface area contributed by atoms with Crippen molar-refractivity contribution in [1.82, 2.24) is 13.5 Å². The van der Waals surface area contributed by atoms with Crippen molar-refractivity contribution in [3.05, 3.63) is 12.4 Å². The molecule has 1 saturated heterocycles. The zero-order chi connectivity index (χ0) is 24.9. The van der Waals surface area contributed by atoms with E-state index < -0.39 is 60.9 Å². The number of halogens is 3. The zero-order valence-corrected chi connectivity index (χ0v) is 20.2. The monoisotopic (exact) mass is 509 g/mol. The second-order valence-corrected chi connectivity index (χ2v) is 12.3. The number of piperazine rings is 1. The van der Waals surface area contributed by atoms with E-state index in [1.54, 1.807) is 34.6 Å². The highest BCUT2D eigenvalue weighted by molar-refractivity contribution is 7.87. The molecule has 1 fully saturated rings. The molecule has 2 aliphatic heterocycles. The molecule has 11 nitrogen and oxygen atoms in total. The Morgan fingerprint density at radius 2 is 1.56 bits per heavy atom. The maximum atomic E-state index is 13.1. The summed E-state index contributed by atoms with van der Waals surface area (Å²) in [5, 5.41) is 0. The molecule has 186 valence electrons. The summed E-state index contributed by atoms with van der Waals surface area (Å²) in [4.78, 5) is 13.9. The van der Waals surface area contributed by atoms with Crippen molar-refractivity contribution in [2.24, 2.45) is 0 Å². The van der Waals surface area contributed by atoms with Crippen LogP contribution in [0.3, 0.4) is 0 Å². The number of hydroxylamine groups is 3. The SMILES string of the molecule is C[C@@H]1CN(S(=O)(=O)N2C=C[N+](C)(OS(=O)(=O)C(F)(F)F)C2)C[C@H](C)N1C(=O)OC(C)(C)C. The van der Waals surface area contributed by atoms with Crippen molar-refractivity contribution in [3.63, 3.8) is 0 Å². The van der Waals surface area contributed by atoms with Crippen LogP contribution in [0.4, 0.5) is 18.0 Å². The highest BCUT2D eigenvalue weighted by Crippen LogP contribution is 2.31. The van der Waals surface area contributed by atoms with Crippen LogP contribution in [0.2, 0.25) is 0 Å². The molecule has 0 spiro atoms. The van der Waals surface area contributed by atoms with Crippen molar-refractivity contribution in [2.45, 2.75) is 57.8 Å². The number of rotatable bonds is 4. The van der Waals surface area contributed by atoms with Crippen LogP contribution in [-0.2, 0) is 29.3 Å². The minimum atomic E-state index is -5.95. The van der Waals surface area contributed by atoms with Gasteiger partial charge in [0.1, 0.15) is 18.8 Å². The van der Waals surface area contributed by atoms with Gasteiger partial charge < -0.3 is 9.64 Å². The van der Waals surface area contributed by atoms with Crippen LogP contribution in [0, 0.1) is 0 Å². The van der Waals surface area contributed by atoms with Gasteiger partial charge in [0.25, 0.3) is 0 Å². The molecule has 0 N–H and O–H groups in total. The molecule has 0 aliphatic carbocycles. The lowest BCUT2D eigenvalue weighted by atomic mass is 10.1. The summed E-state index contributed by atoms with van der Waals surface area (Å²) < 4.78 is 96.8. The molecular weight excluding hydrogens is 481 g/mol. The Balaban J connectivity index is 2.14. The first-order valence-corrected chi connectivity index (χ1v) is 12.3. The average molecular weight is 510 g/mol. The fraction of sp³-hybridized carbons (Fsp3) is 0.812. The van der Waals surface area contributed by atoms with Crippen LogP contribution >= 0.6 is 0 Å². The first kappa shape index (κ1) is 26.6. The molecule has 3 atom stereocenters. The Labute approximate surface area is 185 Å². The quantitative estimate of drug-likeness (QED) is 0.417. The minimum Gasteiger partial charge on any atom is -0.444 e. The van der Waals surface area contributed by atoms with Crippen molar-refractivity contribution < 1.29 is 48.5 Å². The van der Waals surface area contributed by atoms with Gasteiger partial charge in [-0.15, -0.1) is 4.65 Å². The van der Waals surface area contributed by atoms with E-state index in [1.165, 1.54) is 4.90 Å². The molecule has 0 bridgehead atoms. The largest absolute Gasteiger partial charge is 0.528 e. The molecule has 0 radical (unpaired) electrons. The van der Waals surface area contributed by atoms with Gasteiger partial charge in [0, 0.05) is 25.2 Å². The van der Waals surface area contributed by atoms with E-state index in [4.69, 9.17) is 4.74 Å². The fourth-order valence-corrected chi connectivity index (χ4v) is 5.65. The van der Waals surface area contributed by atoms with Crippen molar-refractivity contribution in [1.29, 1.82) is 0 Å². The lowest BCUT2D eigenvalue weighted by Crippen LogP contribution is -2.62. The normalized spacial score (nSPS) is 28.3. The van der Waals surface area contributed by atoms with E-state index >= 15 is 0 Å². The van der Waals surface area contributed by atoms with E-state index in [1.807, 2.05) is 0 Å². The second kappa shape index (κ2) is 8.30. The minimum absolute atomic E-state index is 0.0956. The van der Waals surface area contributed by atoms with Crippen LogP contribution in [0.5, 0.6) is 0 Å². The zero-order valence-electron chi connectivity index (χ0n) is 18.5. The van der Waals surface area contributed by atoms with Crippen LogP contribution in [-0.4, -0.2) is 91.1 Å². The second-order valence-electron chi connectivity index (χ2n) is 8.89. The fourth-order valence-electron chi connectivity index (χ4n) is 3.34. The Morgan fingerprint density at radius 1 is 1.06 bits per heavy atom. The van der Waals surface area contributed by atoms with E-state index in [9.17, 15) is 34.8 Å². The smallest absolute Gasteiger partial charge is 0.444 e. The molecule has 0 saturated carbocycles. The number of hydrogen-bond donors (Lipinski definition) is 0. The third kappa shape index (κ3) is 5.65. The summed E-state index contributed by atoms with van der Waals surface area (Å²) in [6.45, 7) is 7.48. The molecule has 0 aromatic heterocycles. The van der Waals surface area contributed by atoms with Crippen molar-refractivity contribution in [2.75, 3.05) is 26.8 Å². The predicted octanol–water partition coefficient (Wildman–Crippen LogP) is 1.53. The number of ether oxygens (including phenoxy) is 1. The number of nitrogens with zero attached hydrogens (tertiary/aromatic N) is 4. The summed E-state index contributed by atoms with van der Waals surface area (Å²) >= 11 is 0. The molecule has 0 aromatic carbocycles. The Bertz CT molecular complexity index is 967. The summed E-state index contributed by atoms with van der Waals surface area (Å²) in [7, 11) is -9.23. The molecular formula is C16H28F3N4O7S2+. The predicted molar refractivity (Wildman–Crippen MR) is 106 cm³/mol. The van der Waals surface area contributed by atoms with Crippen LogP contribution in [0.25, 0.3) is 0 Å². The molecule has 16 heteroatoms. The standard InChI is InChI=1S/C16H28F3N4O7S2/c1-12-9-21(10-13(2)22(12)14(24)29-15(3,4)5)32(27,28)20-7-8-23(6,11-20)30-31(25,26)16(17,18)19/h7-8,12-13H,9-11H2,1-6H3/q+1/t12-,13+,23?. The first-order chi connectivity index (χ1) is 14.2. The molecule has 2 aliphatic rings. The van der Waals surface area contributed by atoms with Crippen LogP contribution in [0.1, 0.15) is 34.6 Å². The van der Waals surface area contributed by atoms with Gasteiger partial charge in [-0.2, -0.15) is 34.3 Å². The summed E-state index contributed by atoms with van der Waals surface area (Å²) in [6, 6.07) is -1.12. The maximum absolute atomic E-state index is 13.1. The van der Waals surface area contributed by atoms with Gasteiger partial charge in [0.15, 0.2) is 0 Å². The van der Waals surface area contributed by atoms with Gasteiger partial charge in [-0.3, -0.25) is 0 Å². The van der Waals surface area contributed by atoms with E-state index in [-0.39, 0.29) is 13.1 Å². The number of alkyl halides is 3. The van der Waals surface area contributed by atoms with Crippen LogP contribution in [0.15, 0.2) is 12.4 Å². The molecule has 2 heterocycles. The van der Waals surface area contributed by atoms with Crippen molar-refractivity contribution >= 4 is 26.4 Å². The third-order valence-corrected chi connectivity index (χ3v) is 7.52. The number of carbonyl (C=O) groups is 1. The Morgan fingerprint density at radius 3 is 2.00 bits per heavy atom. The molecule has 1 unspecified atom stereocenters. The third-order valence-electron chi connectivity index (χ3n) is 4.63. The molecule has 2 rings (SSSR count). The molecule has 32 heavy (non-hydrogen) atoms. The number of hydrogen-bond acceptors (Lipinski definition) is 7. The highest BCUT2D eigenvalue weighted by atomic mass is 32.2. The van der Waals surface area contributed by atoms with Crippen molar-refractivity contribution in [3.8, 4) is 0 Å². The lowest BCUT2D eigenvalue weighted by molar-refractivity contribution is -1.02. The van der Waals surface area contributed by atoms with E-state index in [2.05, 4.69) is 4.28 Å². The van der Waals surface area contributed by atoms with Gasteiger partial charge in [0.05, 0.1) is 6.20 Å². The van der Waals surface area contributed by atoms with E-state index in [0.717, 1.165) is 23.8 Å². The Kier molecular flexibility index (Phi) is 6.91. The maximum Gasteiger partial charge on any atom is 0.528 e. The number of carbonyl (C=O) groups excluding carboxylic acids is 1. The lowest BCUT2D eigenvalue weighted by Gasteiger charge is -2.44. The van der Waals surface area contributed by atoms with Gasteiger partial charge in [-0.25, -0.2) is 9.10 Å².